The minimum Gasteiger partial charge on any atom is -0.488 e. The van der Waals surface area contributed by atoms with E-state index in [0.717, 1.165) is 31.0 Å². The zero-order chi connectivity index (χ0) is 20.9. The van der Waals surface area contributed by atoms with Crippen LogP contribution in [0.1, 0.15) is 26.7 Å². The van der Waals surface area contributed by atoms with Crippen LogP contribution >= 0.6 is 11.8 Å². The van der Waals surface area contributed by atoms with Crippen molar-refractivity contribution >= 4 is 23.6 Å². The molecule has 0 aromatic carbocycles. The highest BCUT2D eigenvalue weighted by atomic mass is 32.2. The molecule has 0 radical (unpaired) electrons. The quantitative estimate of drug-likeness (QED) is 0.806. The van der Waals surface area contributed by atoms with E-state index in [-0.39, 0.29) is 10.9 Å². The summed E-state index contributed by atoms with van der Waals surface area (Å²) in [7, 11) is 0. The molecule has 0 aliphatic carbocycles. The molecule has 10 heteroatoms. The summed E-state index contributed by atoms with van der Waals surface area (Å²) in [6.45, 7) is 5.96. The molecule has 3 heterocycles. The largest absolute Gasteiger partial charge is 0.490 e. The maximum atomic E-state index is 12.0. The summed E-state index contributed by atoms with van der Waals surface area (Å²) in [6.07, 6.45) is 0.354. The molecular formula is C18H23F3N2O4S. The maximum Gasteiger partial charge on any atom is 0.490 e. The average molecular weight is 420 g/mol. The van der Waals surface area contributed by atoms with Gasteiger partial charge in [-0.05, 0) is 18.1 Å². The molecule has 1 spiro atoms. The monoisotopic (exact) mass is 420 g/mol. The number of ether oxygens (including phenoxy) is 1. The van der Waals surface area contributed by atoms with Crippen molar-refractivity contribution in [1.82, 2.24) is 9.88 Å². The van der Waals surface area contributed by atoms with Crippen molar-refractivity contribution in [2.24, 2.45) is 5.92 Å². The fourth-order valence-corrected chi connectivity index (χ4v) is 4.54. The lowest BCUT2D eigenvalue weighted by atomic mass is 9.92. The van der Waals surface area contributed by atoms with Gasteiger partial charge in [0.15, 0.2) is 0 Å². The molecule has 1 aromatic rings. The van der Waals surface area contributed by atoms with Gasteiger partial charge in [0.2, 0.25) is 5.91 Å². The molecule has 3 rings (SSSR count). The molecule has 2 aliphatic rings. The predicted molar refractivity (Wildman–Crippen MR) is 98.2 cm³/mol. The number of carboxylic acids is 1. The smallest absolute Gasteiger partial charge is 0.488 e. The zero-order valence-corrected chi connectivity index (χ0v) is 16.4. The van der Waals surface area contributed by atoms with Crippen molar-refractivity contribution in [2.75, 3.05) is 18.8 Å². The summed E-state index contributed by atoms with van der Waals surface area (Å²) in [5.41, 5.74) is 0. The minimum atomic E-state index is -5.08. The van der Waals surface area contributed by atoms with Crippen LogP contribution in [0, 0.1) is 5.92 Å². The Morgan fingerprint density at radius 3 is 2.57 bits per heavy atom. The molecule has 28 heavy (non-hydrogen) atoms. The highest BCUT2D eigenvalue weighted by Crippen LogP contribution is 2.46. The summed E-state index contributed by atoms with van der Waals surface area (Å²) in [5.74, 6) is -0.180. The Labute approximate surface area is 165 Å². The minimum absolute atomic E-state index is 0.236. The highest BCUT2D eigenvalue weighted by molar-refractivity contribution is 8.01. The molecule has 1 N–H and O–H groups in total. The third-order valence-corrected chi connectivity index (χ3v) is 5.82. The first kappa shape index (κ1) is 22.3. The van der Waals surface area contributed by atoms with E-state index in [9.17, 15) is 18.0 Å². The number of carbonyl (C=O) groups excluding carboxylic acids is 1. The second-order valence-electron chi connectivity index (χ2n) is 7.28. The van der Waals surface area contributed by atoms with E-state index in [1.54, 1.807) is 12.4 Å². The molecule has 2 aliphatic heterocycles. The fraction of sp³-hybridized carbons (Fsp3) is 0.611. The molecular weight excluding hydrogens is 397 g/mol. The number of aromatic nitrogens is 1. The first-order valence-electron chi connectivity index (χ1n) is 8.79. The van der Waals surface area contributed by atoms with Crippen LogP contribution in [0.15, 0.2) is 24.5 Å². The van der Waals surface area contributed by atoms with E-state index in [4.69, 9.17) is 14.6 Å². The summed E-state index contributed by atoms with van der Waals surface area (Å²) >= 11 is 1.96. The van der Waals surface area contributed by atoms with Crippen LogP contribution in [-0.2, 0) is 9.59 Å². The van der Waals surface area contributed by atoms with E-state index >= 15 is 0 Å². The van der Waals surface area contributed by atoms with E-state index in [1.165, 1.54) is 0 Å². The van der Waals surface area contributed by atoms with Crippen molar-refractivity contribution in [3.8, 4) is 5.75 Å². The number of halogens is 3. The fourth-order valence-electron chi connectivity index (χ4n) is 3.01. The number of carbonyl (C=O) groups is 2. The number of alkyl halides is 3. The normalized spacial score (nSPS) is 20.4. The Morgan fingerprint density at radius 2 is 2.07 bits per heavy atom. The molecule has 0 bridgehead atoms. The number of amides is 1. The topological polar surface area (TPSA) is 79.7 Å². The lowest BCUT2D eigenvalue weighted by Gasteiger charge is -2.47. The summed E-state index contributed by atoms with van der Waals surface area (Å²) < 4.78 is 38.0. The second-order valence-corrected chi connectivity index (χ2v) is 8.77. The standard InChI is InChI=1S/C16H22N2O2S.C2HF3O2/c1-12(2)6-15(19)18-10-16(11-18)7-14(9-21-16)20-13-4-3-5-17-8-13;3-2(4,5)1(6)7/h3-5,8,12,14H,6-7,9-11H2,1-2H3;(H,6,7). The Bertz CT molecular complexity index is 679. The van der Waals surface area contributed by atoms with Crippen molar-refractivity contribution in [3.63, 3.8) is 0 Å². The third-order valence-electron chi connectivity index (χ3n) is 4.25. The first-order valence-corrected chi connectivity index (χ1v) is 9.78. The van der Waals surface area contributed by atoms with E-state index in [1.807, 2.05) is 28.8 Å². The van der Waals surface area contributed by atoms with Gasteiger partial charge in [-0.1, -0.05) is 13.8 Å². The van der Waals surface area contributed by atoms with Crippen LogP contribution in [0.5, 0.6) is 5.75 Å². The number of carboxylic acid groups (broad SMARTS) is 1. The van der Waals surface area contributed by atoms with Crippen LogP contribution in [0.2, 0.25) is 0 Å². The molecule has 1 unspecified atom stereocenters. The van der Waals surface area contributed by atoms with Crippen molar-refractivity contribution in [2.45, 2.75) is 43.7 Å². The number of rotatable bonds is 4. The number of pyridine rings is 1. The summed E-state index contributed by atoms with van der Waals surface area (Å²) in [6, 6.07) is 3.84. The Balaban J connectivity index is 0.000000345. The van der Waals surface area contributed by atoms with Gasteiger partial charge in [0.25, 0.3) is 0 Å². The van der Waals surface area contributed by atoms with E-state index in [2.05, 4.69) is 18.8 Å². The predicted octanol–water partition coefficient (Wildman–Crippen LogP) is 3.23. The Kier molecular flexibility index (Phi) is 7.19. The third kappa shape index (κ3) is 6.29. The maximum absolute atomic E-state index is 12.0. The number of thioether (sulfide) groups is 1. The lowest BCUT2D eigenvalue weighted by molar-refractivity contribution is -0.192. The molecule has 1 atom stereocenters. The van der Waals surface area contributed by atoms with Gasteiger partial charge in [0.05, 0.1) is 10.9 Å². The molecule has 2 fully saturated rings. The van der Waals surface area contributed by atoms with Crippen molar-refractivity contribution in [1.29, 1.82) is 0 Å². The van der Waals surface area contributed by atoms with Crippen LogP contribution in [0.25, 0.3) is 0 Å². The van der Waals surface area contributed by atoms with Gasteiger partial charge in [0.1, 0.15) is 11.9 Å². The molecule has 1 amide bonds. The highest BCUT2D eigenvalue weighted by Gasteiger charge is 2.51. The van der Waals surface area contributed by atoms with Gasteiger partial charge >= 0.3 is 12.1 Å². The molecule has 6 nitrogen and oxygen atoms in total. The van der Waals surface area contributed by atoms with Gasteiger partial charge in [-0.25, -0.2) is 4.79 Å². The Morgan fingerprint density at radius 1 is 1.43 bits per heavy atom. The van der Waals surface area contributed by atoms with E-state index in [0.29, 0.717) is 18.2 Å². The number of hydrogen-bond acceptors (Lipinski definition) is 5. The van der Waals surface area contributed by atoms with Crippen LogP contribution in [0.4, 0.5) is 13.2 Å². The van der Waals surface area contributed by atoms with Crippen molar-refractivity contribution in [3.05, 3.63) is 24.5 Å². The number of likely N-dealkylation sites (tertiary alicyclic amines) is 1. The molecule has 1 aromatic heterocycles. The number of aliphatic carboxylic acids is 1. The van der Waals surface area contributed by atoms with Crippen LogP contribution < -0.4 is 4.74 Å². The van der Waals surface area contributed by atoms with Gasteiger partial charge in [-0.2, -0.15) is 13.2 Å². The summed E-state index contributed by atoms with van der Waals surface area (Å²) in [5, 5.41) is 7.12. The van der Waals surface area contributed by atoms with Gasteiger partial charge in [0, 0.05) is 37.9 Å². The van der Waals surface area contributed by atoms with E-state index < -0.39 is 12.1 Å². The Hall–Kier alpha value is -1.97. The zero-order valence-electron chi connectivity index (χ0n) is 15.6. The number of nitrogens with zero attached hydrogens (tertiary/aromatic N) is 2. The van der Waals surface area contributed by atoms with Gasteiger partial charge < -0.3 is 14.7 Å². The van der Waals surface area contributed by atoms with Crippen molar-refractivity contribution < 1.29 is 32.6 Å². The molecule has 2 saturated heterocycles. The average Bonchev–Trinajstić information content (AvgIpc) is 2.97. The van der Waals surface area contributed by atoms with Crippen LogP contribution in [0.3, 0.4) is 0 Å². The van der Waals surface area contributed by atoms with Gasteiger partial charge in [-0.3, -0.25) is 9.78 Å². The van der Waals surface area contributed by atoms with Crippen LogP contribution in [-0.4, -0.2) is 62.7 Å². The summed E-state index contributed by atoms with van der Waals surface area (Å²) in [4.78, 5) is 27.0. The SMILES string of the molecule is CC(C)CC(=O)N1CC2(CC(Oc3cccnc3)CS2)C1.O=C(O)C(F)(F)F. The van der Waals surface area contributed by atoms with Gasteiger partial charge in [-0.15, -0.1) is 11.8 Å². The molecule has 0 saturated carbocycles. The second kappa shape index (κ2) is 9.02. The number of hydrogen-bond donors (Lipinski definition) is 1. The first-order chi connectivity index (χ1) is 13.0. The lowest BCUT2D eigenvalue weighted by Crippen LogP contribution is -2.61. The molecule has 156 valence electrons.